The molecule has 0 unspecified atom stereocenters. The van der Waals surface area contributed by atoms with Crippen molar-refractivity contribution < 1.29 is 19.1 Å². The summed E-state index contributed by atoms with van der Waals surface area (Å²) in [6.45, 7) is 10.4. The van der Waals surface area contributed by atoms with Gasteiger partial charge in [-0.25, -0.2) is 0 Å². The number of nitrogens with one attached hydrogen (secondary N) is 1. The number of carbonyl (C=O) groups is 2. The van der Waals surface area contributed by atoms with Crippen LogP contribution in [-0.2, 0) is 19.1 Å². The van der Waals surface area contributed by atoms with Gasteiger partial charge in [-0.3, -0.25) is 9.59 Å². The Balaban J connectivity index is 1.92. The molecule has 1 rings (SSSR count). The molecule has 1 aliphatic rings. The van der Waals surface area contributed by atoms with E-state index in [2.05, 4.69) is 19.2 Å². The standard InChI is InChI=1S/C22H41NO4/c1-17(2)16-19-7-9-20(10-8-19)27-13-5-6-22(25)23-12-15-26-14-11-21(24)18(3)4/h17-20H,5-16H2,1-4H3,(H,23,25). The number of carbonyl (C=O) groups excluding carboxylic acids is 2. The zero-order chi connectivity index (χ0) is 20.1. The molecule has 0 aromatic rings. The Morgan fingerprint density at radius 1 is 0.963 bits per heavy atom. The molecule has 0 radical (unpaired) electrons. The highest BCUT2D eigenvalue weighted by atomic mass is 16.5. The average Bonchev–Trinajstić information content (AvgIpc) is 2.62. The second-order valence-electron chi connectivity index (χ2n) is 8.58. The Bertz CT molecular complexity index is 415. The summed E-state index contributed by atoms with van der Waals surface area (Å²) in [5.41, 5.74) is 0. The smallest absolute Gasteiger partial charge is 0.220 e. The molecule has 0 aromatic heterocycles. The van der Waals surface area contributed by atoms with Crippen LogP contribution < -0.4 is 5.32 Å². The molecule has 158 valence electrons. The fraction of sp³-hybridized carbons (Fsp3) is 0.909. The summed E-state index contributed by atoms with van der Waals surface area (Å²) in [5.74, 6) is 1.99. The van der Waals surface area contributed by atoms with Crippen molar-refractivity contribution >= 4 is 11.7 Å². The minimum absolute atomic E-state index is 0.0427. The van der Waals surface area contributed by atoms with E-state index in [-0.39, 0.29) is 17.6 Å². The van der Waals surface area contributed by atoms with Crippen molar-refractivity contribution in [2.75, 3.05) is 26.4 Å². The molecule has 0 aliphatic heterocycles. The largest absolute Gasteiger partial charge is 0.379 e. The number of ketones is 1. The summed E-state index contributed by atoms with van der Waals surface area (Å²) in [6.07, 6.45) is 8.33. The molecular weight excluding hydrogens is 342 g/mol. The van der Waals surface area contributed by atoms with E-state index in [1.807, 2.05) is 13.8 Å². The van der Waals surface area contributed by atoms with Crippen molar-refractivity contribution in [1.82, 2.24) is 5.32 Å². The number of rotatable bonds is 14. The van der Waals surface area contributed by atoms with E-state index in [1.54, 1.807) is 0 Å². The van der Waals surface area contributed by atoms with Gasteiger partial charge in [-0.1, -0.05) is 27.7 Å². The summed E-state index contributed by atoms with van der Waals surface area (Å²) in [7, 11) is 0. The van der Waals surface area contributed by atoms with E-state index in [1.165, 1.54) is 32.1 Å². The summed E-state index contributed by atoms with van der Waals surface area (Å²) >= 11 is 0. The quantitative estimate of drug-likeness (QED) is 0.458. The summed E-state index contributed by atoms with van der Waals surface area (Å²) < 4.78 is 11.3. The maximum absolute atomic E-state index is 11.8. The lowest BCUT2D eigenvalue weighted by Crippen LogP contribution is -2.28. The molecule has 0 bridgehead atoms. The van der Waals surface area contributed by atoms with Gasteiger partial charge in [-0.2, -0.15) is 0 Å². The molecule has 0 spiro atoms. The van der Waals surface area contributed by atoms with Crippen LogP contribution in [0.3, 0.4) is 0 Å². The summed E-state index contributed by atoms with van der Waals surface area (Å²) in [4.78, 5) is 23.2. The topological polar surface area (TPSA) is 64.6 Å². The first-order chi connectivity index (χ1) is 12.9. The maximum atomic E-state index is 11.8. The Hall–Kier alpha value is -0.940. The maximum Gasteiger partial charge on any atom is 0.220 e. The van der Waals surface area contributed by atoms with Crippen LogP contribution in [0.5, 0.6) is 0 Å². The second kappa shape index (κ2) is 14.1. The number of Topliss-reactive ketones (excluding diaryl/α,β-unsaturated/α-hetero) is 1. The predicted molar refractivity (Wildman–Crippen MR) is 109 cm³/mol. The van der Waals surface area contributed by atoms with Crippen molar-refractivity contribution in [3.63, 3.8) is 0 Å². The van der Waals surface area contributed by atoms with E-state index >= 15 is 0 Å². The molecule has 0 saturated heterocycles. The Kier molecular flexibility index (Phi) is 12.6. The molecule has 1 amide bonds. The van der Waals surface area contributed by atoms with Crippen molar-refractivity contribution in [2.45, 2.75) is 85.2 Å². The van der Waals surface area contributed by atoms with E-state index in [4.69, 9.17) is 9.47 Å². The zero-order valence-electron chi connectivity index (χ0n) is 17.9. The van der Waals surface area contributed by atoms with Crippen molar-refractivity contribution in [3.8, 4) is 0 Å². The van der Waals surface area contributed by atoms with Crippen LogP contribution in [0, 0.1) is 17.8 Å². The monoisotopic (exact) mass is 383 g/mol. The van der Waals surface area contributed by atoms with Crippen LogP contribution in [0.25, 0.3) is 0 Å². The molecule has 1 saturated carbocycles. The Labute approximate surface area is 165 Å². The van der Waals surface area contributed by atoms with E-state index in [0.717, 1.165) is 18.3 Å². The Morgan fingerprint density at radius 2 is 1.67 bits per heavy atom. The summed E-state index contributed by atoms with van der Waals surface area (Å²) in [6, 6.07) is 0. The lowest BCUT2D eigenvalue weighted by Gasteiger charge is -2.29. The molecule has 5 heteroatoms. The first kappa shape index (κ1) is 24.1. The molecule has 5 nitrogen and oxygen atoms in total. The number of hydrogen-bond donors (Lipinski definition) is 1. The normalized spacial score (nSPS) is 20.2. The molecule has 1 N–H and O–H groups in total. The minimum atomic E-state index is 0.0427. The van der Waals surface area contributed by atoms with Crippen LogP contribution in [-0.4, -0.2) is 44.2 Å². The first-order valence-corrected chi connectivity index (χ1v) is 10.9. The highest BCUT2D eigenvalue weighted by Gasteiger charge is 2.22. The van der Waals surface area contributed by atoms with Gasteiger partial charge in [0.15, 0.2) is 0 Å². The third-order valence-corrected chi connectivity index (χ3v) is 5.21. The summed E-state index contributed by atoms with van der Waals surface area (Å²) in [5, 5.41) is 2.85. The molecule has 0 heterocycles. The lowest BCUT2D eigenvalue weighted by atomic mass is 9.82. The van der Waals surface area contributed by atoms with Crippen molar-refractivity contribution in [2.24, 2.45) is 17.8 Å². The fourth-order valence-electron chi connectivity index (χ4n) is 3.60. The van der Waals surface area contributed by atoms with Gasteiger partial charge in [-0.15, -0.1) is 0 Å². The molecule has 27 heavy (non-hydrogen) atoms. The molecule has 0 atom stereocenters. The van der Waals surface area contributed by atoms with Gasteiger partial charge in [-0.05, 0) is 50.4 Å². The van der Waals surface area contributed by atoms with E-state index in [0.29, 0.717) is 45.3 Å². The van der Waals surface area contributed by atoms with Crippen molar-refractivity contribution in [1.29, 1.82) is 0 Å². The minimum Gasteiger partial charge on any atom is -0.379 e. The van der Waals surface area contributed by atoms with Gasteiger partial charge in [0.25, 0.3) is 0 Å². The van der Waals surface area contributed by atoms with Crippen LogP contribution in [0.1, 0.15) is 79.1 Å². The van der Waals surface area contributed by atoms with Gasteiger partial charge < -0.3 is 14.8 Å². The third-order valence-electron chi connectivity index (χ3n) is 5.21. The highest BCUT2D eigenvalue weighted by Crippen LogP contribution is 2.30. The van der Waals surface area contributed by atoms with Gasteiger partial charge in [0.2, 0.25) is 5.91 Å². The van der Waals surface area contributed by atoms with Gasteiger partial charge in [0.1, 0.15) is 5.78 Å². The second-order valence-corrected chi connectivity index (χ2v) is 8.58. The van der Waals surface area contributed by atoms with Crippen LogP contribution in [0.15, 0.2) is 0 Å². The third kappa shape index (κ3) is 12.2. The molecule has 0 aromatic carbocycles. The van der Waals surface area contributed by atoms with Gasteiger partial charge in [0, 0.05) is 31.9 Å². The van der Waals surface area contributed by atoms with Crippen LogP contribution in [0.2, 0.25) is 0 Å². The lowest BCUT2D eigenvalue weighted by molar-refractivity contribution is -0.124. The van der Waals surface area contributed by atoms with Gasteiger partial charge >= 0.3 is 0 Å². The zero-order valence-corrected chi connectivity index (χ0v) is 17.9. The SMILES string of the molecule is CC(C)CC1CCC(OCCCC(=O)NCCOCCC(=O)C(C)C)CC1. The first-order valence-electron chi connectivity index (χ1n) is 10.9. The van der Waals surface area contributed by atoms with Crippen LogP contribution in [0.4, 0.5) is 0 Å². The number of hydrogen-bond acceptors (Lipinski definition) is 4. The molecule has 1 fully saturated rings. The fourth-order valence-corrected chi connectivity index (χ4v) is 3.60. The predicted octanol–water partition coefficient (Wildman–Crippen LogP) is 4.14. The Morgan fingerprint density at radius 3 is 2.30 bits per heavy atom. The molecular formula is C22H41NO4. The average molecular weight is 384 g/mol. The number of amides is 1. The van der Waals surface area contributed by atoms with Gasteiger partial charge in [0.05, 0.1) is 19.3 Å². The van der Waals surface area contributed by atoms with Crippen molar-refractivity contribution in [3.05, 3.63) is 0 Å². The van der Waals surface area contributed by atoms with E-state index < -0.39 is 0 Å². The van der Waals surface area contributed by atoms with Crippen LogP contribution >= 0.6 is 0 Å². The van der Waals surface area contributed by atoms with E-state index in [9.17, 15) is 9.59 Å². The molecule has 1 aliphatic carbocycles. The number of ether oxygens (including phenoxy) is 2. The highest BCUT2D eigenvalue weighted by molar-refractivity contribution is 5.80.